The number of phenols is 2. The van der Waals surface area contributed by atoms with Crippen LogP contribution in [-0.2, 0) is 10.2 Å². The second kappa shape index (κ2) is 6.38. The summed E-state index contributed by atoms with van der Waals surface area (Å²) in [5, 5.41) is 22.3. The Morgan fingerprint density at radius 3 is 2.48 bits per heavy atom. The molecule has 1 fully saturated rings. The number of hydrogen-bond donors (Lipinski definition) is 3. The molecule has 0 saturated heterocycles. The Hall–Kier alpha value is -3.80. The van der Waals surface area contributed by atoms with Crippen molar-refractivity contribution >= 4 is 17.2 Å². The summed E-state index contributed by atoms with van der Waals surface area (Å²) >= 11 is 0. The molecule has 0 unspecified atom stereocenters. The quantitative estimate of drug-likeness (QED) is 0.462. The lowest BCUT2D eigenvalue weighted by molar-refractivity contribution is -0.118. The number of hydrogen-bond acceptors (Lipinski definition) is 4. The van der Waals surface area contributed by atoms with Crippen LogP contribution in [0.15, 0.2) is 73.1 Å². The molecule has 6 heteroatoms. The first-order chi connectivity index (χ1) is 14.0. The zero-order valence-corrected chi connectivity index (χ0v) is 15.5. The van der Waals surface area contributed by atoms with Crippen LogP contribution in [0.3, 0.4) is 0 Å². The van der Waals surface area contributed by atoms with Crippen LogP contribution in [0.25, 0.3) is 16.9 Å². The molecule has 29 heavy (non-hydrogen) atoms. The number of amides is 1. The maximum Gasteiger partial charge on any atom is 0.235 e. The molecular weight excluding hydrogens is 366 g/mol. The Labute approximate surface area is 167 Å². The molecule has 5 rings (SSSR count). The van der Waals surface area contributed by atoms with Crippen molar-refractivity contribution in [1.29, 1.82) is 0 Å². The summed E-state index contributed by atoms with van der Waals surface area (Å²) in [7, 11) is 0. The number of imidazole rings is 1. The molecule has 1 aliphatic carbocycles. The normalized spacial score (nSPS) is 14.6. The molecule has 2 aromatic heterocycles. The van der Waals surface area contributed by atoms with Crippen LogP contribution < -0.4 is 5.32 Å². The maximum absolute atomic E-state index is 12.9. The highest BCUT2D eigenvalue weighted by Gasteiger charge is 2.51. The Morgan fingerprint density at radius 2 is 1.79 bits per heavy atom. The molecule has 144 valence electrons. The lowest BCUT2D eigenvalue weighted by Gasteiger charge is -2.16. The highest BCUT2D eigenvalue weighted by atomic mass is 16.3. The van der Waals surface area contributed by atoms with Crippen molar-refractivity contribution in [2.45, 2.75) is 18.3 Å². The first-order valence-electron chi connectivity index (χ1n) is 9.43. The molecule has 2 aromatic carbocycles. The standard InChI is InChI=1S/C23H19N3O3/c27-19-9-6-16(13-20(19)28)23(10-11-23)22(29)24-17-7-4-15(5-8-17)18-14-26-12-2-1-3-21(26)25-18/h1-9,12-14,27-28H,10-11H2,(H,24,29). The van der Waals surface area contributed by atoms with Crippen molar-refractivity contribution in [1.82, 2.24) is 9.38 Å². The molecule has 0 aliphatic heterocycles. The number of anilines is 1. The van der Waals surface area contributed by atoms with Crippen molar-refractivity contribution in [3.8, 4) is 22.8 Å². The number of aromatic hydroxyl groups is 2. The van der Waals surface area contributed by atoms with E-state index in [2.05, 4.69) is 10.3 Å². The Balaban J connectivity index is 1.35. The zero-order valence-electron chi connectivity index (χ0n) is 15.5. The predicted molar refractivity (Wildman–Crippen MR) is 110 cm³/mol. The van der Waals surface area contributed by atoms with Crippen LogP contribution in [0.5, 0.6) is 11.5 Å². The van der Waals surface area contributed by atoms with E-state index in [9.17, 15) is 15.0 Å². The average Bonchev–Trinajstić information content (AvgIpc) is 3.43. The Bertz CT molecular complexity index is 1190. The van der Waals surface area contributed by atoms with Crippen molar-refractivity contribution in [3.63, 3.8) is 0 Å². The predicted octanol–water partition coefficient (Wildman–Crippen LogP) is 4.08. The van der Waals surface area contributed by atoms with Crippen LogP contribution in [-0.4, -0.2) is 25.5 Å². The number of rotatable bonds is 4. The fraction of sp³-hybridized carbons (Fsp3) is 0.130. The van der Waals surface area contributed by atoms with E-state index in [1.807, 2.05) is 59.3 Å². The van der Waals surface area contributed by atoms with Gasteiger partial charge in [0.05, 0.1) is 11.1 Å². The summed E-state index contributed by atoms with van der Waals surface area (Å²) in [6, 6.07) is 18.0. The third-order valence-corrected chi connectivity index (χ3v) is 5.52. The number of fused-ring (bicyclic) bond motifs is 1. The lowest BCUT2D eigenvalue weighted by Crippen LogP contribution is -2.27. The molecule has 0 bridgehead atoms. The number of carbonyl (C=O) groups excluding carboxylic acids is 1. The first kappa shape index (κ1) is 17.3. The van der Waals surface area contributed by atoms with Gasteiger partial charge in [0, 0.05) is 23.6 Å². The van der Waals surface area contributed by atoms with E-state index in [4.69, 9.17) is 0 Å². The van der Waals surface area contributed by atoms with Gasteiger partial charge in [-0.3, -0.25) is 4.79 Å². The average molecular weight is 385 g/mol. The van der Waals surface area contributed by atoms with Crippen molar-refractivity contribution < 1.29 is 15.0 Å². The van der Waals surface area contributed by atoms with Gasteiger partial charge in [-0.2, -0.15) is 0 Å². The Kier molecular flexibility index (Phi) is 3.81. The van der Waals surface area contributed by atoms with Gasteiger partial charge in [0.2, 0.25) is 5.91 Å². The number of carbonyl (C=O) groups is 1. The molecule has 1 amide bonds. The third kappa shape index (κ3) is 2.99. The van der Waals surface area contributed by atoms with Crippen molar-refractivity contribution in [3.05, 3.63) is 78.6 Å². The van der Waals surface area contributed by atoms with E-state index in [0.717, 1.165) is 16.9 Å². The van der Waals surface area contributed by atoms with E-state index in [0.29, 0.717) is 24.1 Å². The molecule has 4 aromatic rings. The van der Waals surface area contributed by atoms with Gasteiger partial charge in [0.1, 0.15) is 5.65 Å². The molecule has 0 radical (unpaired) electrons. The molecule has 3 N–H and O–H groups in total. The summed E-state index contributed by atoms with van der Waals surface area (Å²) in [5.74, 6) is -0.506. The second-order valence-electron chi connectivity index (χ2n) is 7.41. The van der Waals surface area contributed by atoms with Gasteiger partial charge in [-0.1, -0.05) is 24.3 Å². The zero-order chi connectivity index (χ0) is 20.0. The SMILES string of the molecule is O=C(Nc1ccc(-c2cn3ccccc3n2)cc1)C1(c2ccc(O)c(O)c2)CC1. The summed E-state index contributed by atoms with van der Waals surface area (Å²) in [6.45, 7) is 0. The minimum Gasteiger partial charge on any atom is -0.504 e. The lowest BCUT2D eigenvalue weighted by atomic mass is 9.94. The molecule has 1 aliphatic rings. The third-order valence-electron chi connectivity index (χ3n) is 5.52. The summed E-state index contributed by atoms with van der Waals surface area (Å²) in [6.07, 6.45) is 5.35. The highest BCUT2D eigenvalue weighted by molar-refractivity contribution is 6.01. The van der Waals surface area contributed by atoms with E-state index in [1.165, 1.54) is 12.1 Å². The van der Waals surface area contributed by atoms with Crippen molar-refractivity contribution in [2.24, 2.45) is 0 Å². The molecular formula is C23H19N3O3. The monoisotopic (exact) mass is 385 g/mol. The van der Waals surface area contributed by atoms with E-state index in [1.54, 1.807) is 6.07 Å². The summed E-state index contributed by atoms with van der Waals surface area (Å²) in [5.41, 5.74) is 3.49. The molecule has 1 saturated carbocycles. The van der Waals surface area contributed by atoms with Crippen LogP contribution in [0.2, 0.25) is 0 Å². The topological polar surface area (TPSA) is 86.9 Å². The number of phenolic OH excluding ortho intramolecular Hbond substituents is 2. The van der Waals surface area contributed by atoms with Gasteiger partial charge < -0.3 is 19.9 Å². The van der Waals surface area contributed by atoms with Gasteiger partial charge in [0.25, 0.3) is 0 Å². The summed E-state index contributed by atoms with van der Waals surface area (Å²) in [4.78, 5) is 17.5. The number of nitrogens with one attached hydrogen (secondary N) is 1. The smallest absolute Gasteiger partial charge is 0.235 e. The van der Waals surface area contributed by atoms with Crippen LogP contribution >= 0.6 is 0 Å². The first-order valence-corrected chi connectivity index (χ1v) is 9.43. The molecule has 0 spiro atoms. The van der Waals surface area contributed by atoms with Gasteiger partial charge in [-0.25, -0.2) is 4.98 Å². The van der Waals surface area contributed by atoms with E-state index < -0.39 is 5.41 Å². The van der Waals surface area contributed by atoms with Crippen molar-refractivity contribution in [2.75, 3.05) is 5.32 Å². The van der Waals surface area contributed by atoms with Gasteiger partial charge in [0.15, 0.2) is 11.5 Å². The minimum absolute atomic E-state index is 0.108. The fourth-order valence-corrected chi connectivity index (χ4v) is 3.64. The van der Waals surface area contributed by atoms with E-state index >= 15 is 0 Å². The van der Waals surface area contributed by atoms with Gasteiger partial charge >= 0.3 is 0 Å². The second-order valence-corrected chi connectivity index (χ2v) is 7.41. The number of pyridine rings is 1. The fourth-order valence-electron chi connectivity index (χ4n) is 3.64. The van der Waals surface area contributed by atoms with E-state index in [-0.39, 0.29) is 17.4 Å². The largest absolute Gasteiger partial charge is 0.504 e. The molecule has 0 atom stereocenters. The minimum atomic E-state index is -0.647. The van der Waals surface area contributed by atoms with Crippen LogP contribution in [0.1, 0.15) is 18.4 Å². The molecule has 2 heterocycles. The van der Waals surface area contributed by atoms with Gasteiger partial charge in [-0.15, -0.1) is 0 Å². The maximum atomic E-state index is 12.9. The number of benzene rings is 2. The molecule has 6 nitrogen and oxygen atoms in total. The Morgan fingerprint density at radius 1 is 1.00 bits per heavy atom. The number of aromatic nitrogens is 2. The highest BCUT2D eigenvalue weighted by Crippen LogP contribution is 2.50. The number of nitrogens with zero attached hydrogens (tertiary/aromatic N) is 2. The van der Waals surface area contributed by atoms with Crippen LogP contribution in [0, 0.1) is 0 Å². The summed E-state index contributed by atoms with van der Waals surface area (Å²) < 4.78 is 1.97. The van der Waals surface area contributed by atoms with Crippen LogP contribution in [0.4, 0.5) is 5.69 Å². The van der Waals surface area contributed by atoms with Gasteiger partial charge in [-0.05, 0) is 54.8 Å².